The Morgan fingerprint density at radius 3 is 2.61 bits per heavy atom. The summed E-state index contributed by atoms with van der Waals surface area (Å²) in [6.45, 7) is 0.911. The van der Waals surface area contributed by atoms with E-state index in [1.165, 1.54) is 4.90 Å². The van der Waals surface area contributed by atoms with Gasteiger partial charge in [-0.05, 0) is 36.8 Å². The third kappa shape index (κ3) is 3.67. The molecule has 6 heteroatoms. The van der Waals surface area contributed by atoms with Gasteiger partial charge in [0.15, 0.2) is 0 Å². The van der Waals surface area contributed by atoms with Gasteiger partial charge in [-0.15, -0.1) is 0 Å². The summed E-state index contributed by atoms with van der Waals surface area (Å²) >= 11 is 6.21. The van der Waals surface area contributed by atoms with E-state index in [4.69, 9.17) is 21.4 Å². The lowest BCUT2D eigenvalue weighted by atomic mass is 10.0. The highest BCUT2D eigenvalue weighted by Gasteiger charge is 2.47. The molecule has 2 fully saturated rings. The van der Waals surface area contributed by atoms with Gasteiger partial charge >= 0.3 is 5.97 Å². The number of carboxylic acids is 1. The van der Waals surface area contributed by atoms with Crippen LogP contribution < -0.4 is 0 Å². The van der Waals surface area contributed by atoms with Crippen molar-refractivity contribution >= 4 is 23.5 Å². The van der Waals surface area contributed by atoms with Crippen LogP contribution >= 0.6 is 11.6 Å². The molecule has 23 heavy (non-hydrogen) atoms. The zero-order valence-electron chi connectivity index (χ0n) is 12.8. The monoisotopic (exact) mass is 337 g/mol. The standard InChI is InChI=1S/C17H20ClNO4/c18-15-4-2-1-3-12(15)13-9-14(13)17(22)19(10-16(20)21)11-5-7-23-8-6-11/h1-4,11,13-14H,5-10H2,(H,20,21)/t13-,14+/m0/s1. The lowest BCUT2D eigenvalue weighted by molar-refractivity contribution is -0.148. The van der Waals surface area contributed by atoms with Crippen molar-refractivity contribution in [1.82, 2.24) is 4.90 Å². The SMILES string of the molecule is O=C(O)CN(C(=O)[C@@H]1C[C@H]1c1ccccc1Cl)C1CCOCC1. The van der Waals surface area contributed by atoms with E-state index in [2.05, 4.69) is 0 Å². The number of hydrogen-bond acceptors (Lipinski definition) is 3. The van der Waals surface area contributed by atoms with Crippen LogP contribution in [0, 0.1) is 5.92 Å². The van der Waals surface area contributed by atoms with Gasteiger partial charge in [0.05, 0.1) is 0 Å². The van der Waals surface area contributed by atoms with Crippen LogP contribution in [0.4, 0.5) is 0 Å². The maximum Gasteiger partial charge on any atom is 0.323 e. The fourth-order valence-corrected chi connectivity index (χ4v) is 3.61. The van der Waals surface area contributed by atoms with Crippen molar-refractivity contribution < 1.29 is 19.4 Å². The van der Waals surface area contributed by atoms with Crippen molar-refractivity contribution in [2.75, 3.05) is 19.8 Å². The smallest absolute Gasteiger partial charge is 0.323 e. The average Bonchev–Trinajstić information content (AvgIpc) is 3.33. The third-order valence-corrected chi connectivity index (χ3v) is 4.98. The Hall–Kier alpha value is -1.59. The maximum atomic E-state index is 12.8. The van der Waals surface area contributed by atoms with Gasteiger partial charge in [-0.2, -0.15) is 0 Å². The first kappa shape index (κ1) is 16.3. The number of carbonyl (C=O) groups is 2. The molecule has 1 aliphatic heterocycles. The van der Waals surface area contributed by atoms with Crippen molar-refractivity contribution in [1.29, 1.82) is 0 Å². The molecule has 2 atom stereocenters. The molecule has 0 radical (unpaired) electrons. The number of carbonyl (C=O) groups excluding carboxylic acids is 1. The van der Waals surface area contributed by atoms with Crippen LogP contribution in [0.5, 0.6) is 0 Å². The number of hydrogen-bond donors (Lipinski definition) is 1. The minimum Gasteiger partial charge on any atom is -0.480 e. The van der Waals surface area contributed by atoms with Crippen LogP contribution in [0.1, 0.15) is 30.7 Å². The highest BCUT2D eigenvalue weighted by Crippen LogP contribution is 2.50. The number of aliphatic carboxylic acids is 1. The van der Waals surface area contributed by atoms with Crippen molar-refractivity contribution in [2.24, 2.45) is 5.92 Å². The Balaban J connectivity index is 1.71. The maximum absolute atomic E-state index is 12.8. The van der Waals surface area contributed by atoms with Gasteiger partial charge in [-0.25, -0.2) is 0 Å². The van der Waals surface area contributed by atoms with E-state index >= 15 is 0 Å². The number of rotatable bonds is 5. The van der Waals surface area contributed by atoms with Crippen LogP contribution in [0.15, 0.2) is 24.3 Å². The number of benzene rings is 1. The van der Waals surface area contributed by atoms with E-state index in [0.717, 1.165) is 12.0 Å². The quantitative estimate of drug-likeness (QED) is 0.896. The van der Waals surface area contributed by atoms with Gasteiger partial charge in [0.1, 0.15) is 6.54 Å². The molecule has 3 rings (SSSR count). The normalized spacial score (nSPS) is 24.2. The largest absolute Gasteiger partial charge is 0.480 e. The summed E-state index contributed by atoms with van der Waals surface area (Å²) in [6, 6.07) is 7.50. The Kier molecular flexibility index (Phi) is 4.87. The van der Waals surface area contributed by atoms with Gasteiger partial charge in [-0.1, -0.05) is 29.8 Å². The number of nitrogens with zero attached hydrogens (tertiary/aromatic N) is 1. The molecule has 1 N–H and O–H groups in total. The topological polar surface area (TPSA) is 66.8 Å². The van der Waals surface area contributed by atoms with E-state index in [9.17, 15) is 9.59 Å². The molecule has 0 spiro atoms. The van der Waals surface area contributed by atoms with Crippen LogP contribution in [0.2, 0.25) is 5.02 Å². The van der Waals surface area contributed by atoms with E-state index < -0.39 is 5.97 Å². The number of ether oxygens (including phenoxy) is 1. The Bertz CT molecular complexity index is 600. The van der Waals surface area contributed by atoms with Crippen molar-refractivity contribution in [3.8, 4) is 0 Å². The van der Waals surface area contributed by atoms with Crippen molar-refractivity contribution in [3.63, 3.8) is 0 Å². The fourth-order valence-electron chi connectivity index (χ4n) is 3.33. The van der Waals surface area contributed by atoms with E-state index in [0.29, 0.717) is 31.1 Å². The van der Waals surface area contributed by atoms with Crippen LogP contribution in [0.3, 0.4) is 0 Å². The zero-order valence-corrected chi connectivity index (χ0v) is 13.5. The summed E-state index contributed by atoms with van der Waals surface area (Å²) in [5, 5.41) is 9.82. The molecular formula is C17H20ClNO4. The van der Waals surface area contributed by atoms with Gasteiger partial charge in [0, 0.05) is 30.2 Å². The first-order valence-electron chi connectivity index (χ1n) is 7.92. The highest BCUT2D eigenvalue weighted by molar-refractivity contribution is 6.31. The molecule has 1 saturated carbocycles. The van der Waals surface area contributed by atoms with Crippen molar-refractivity contribution in [3.05, 3.63) is 34.9 Å². The minimum atomic E-state index is -0.972. The molecule has 1 amide bonds. The van der Waals surface area contributed by atoms with Crippen LogP contribution in [-0.4, -0.2) is 47.7 Å². The number of carboxylic acid groups (broad SMARTS) is 1. The molecular weight excluding hydrogens is 318 g/mol. The van der Waals surface area contributed by atoms with Crippen LogP contribution in [0.25, 0.3) is 0 Å². The predicted molar refractivity (Wildman–Crippen MR) is 85.5 cm³/mol. The molecule has 1 heterocycles. The molecule has 1 aromatic carbocycles. The van der Waals surface area contributed by atoms with E-state index in [1.54, 1.807) is 0 Å². The molecule has 124 valence electrons. The van der Waals surface area contributed by atoms with Gasteiger partial charge < -0.3 is 14.7 Å². The second-order valence-electron chi connectivity index (χ2n) is 6.17. The molecule has 1 aromatic rings. The average molecular weight is 338 g/mol. The summed E-state index contributed by atoms with van der Waals surface area (Å²) in [5.74, 6) is -1.09. The molecule has 0 aromatic heterocycles. The number of halogens is 1. The predicted octanol–water partition coefficient (Wildman–Crippen LogP) is 2.54. The second-order valence-corrected chi connectivity index (χ2v) is 6.58. The Morgan fingerprint density at radius 2 is 1.96 bits per heavy atom. The lowest BCUT2D eigenvalue weighted by Crippen LogP contribution is -2.46. The third-order valence-electron chi connectivity index (χ3n) is 4.63. The first-order chi connectivity index (χ1) is 11.1. The van der Waals surface area contributed by atoms with Gasteiger partial charge in [-0.3, -0.25) is 9.59 Å². The summed E-state index contributed by atoms with van der Waals surface area (Å²) in [5.41, 5.74) is 0.981. The summed E-state index contributed by atoms with van der Waals surface area (Å²) < 4.78 is 5.31. The first-order valence-corrected chi connectivity index (χ1v) is 8.30. The molecule has 0 bridgehead atoms. The molecule has 1 saturated heterocycles. The number of amides is 1. The summed E-state index contributed by atoms with van der Waals surface area (Å²) in [7, 11) is 0. The van der Waals surface area contributed by atoms with Crippen molar-refractivity contribution in [2.45, 2.75) is 31.2 Å². The highest BCUT2D eigenvalue weighted by atomic mass is 35.5. The summed E-state index contributed by atoms with van der Waals surface area (Å²) in [6.07, 6.45) is 2.13. The van der Waals surface area contributed by atoms with E-state index in [1.807, 2.05) is 24.3 Å². The summed E-state index contributed by atoms with van der Waals surface area (Å²) in [4.78, 5) is 25.5. The van der Waals surface area contributed by atoms with E-state index in [-0.39, 0.29) is 30.3 Å². The van der Waals surface area contributed by atoms with Crippen LogP contribution in [-0.2, 0) is 14.3 Å². The molecule has 2 aliphatic rings. The fraction of sp³-hybridized carbons (Fsp3) is 0.529. The Labute approximate surface area is 140 Å². The second kappa shape index (κ2) is 6.89. The van der Waals surface area contributed by atoms with Gasteiger partial charge in [0.2, 0.25) is 5.91 Å². The molecule has 0 unspecified atom stereocenters. The molecule has 5 nitrogen and oxygen atoms in total. The molecule has 1 aliphatic carbocycles. The lowest BCUT2D eigenvalue weighted by Gasteiger charge is -2.33. The van der Waals surface area contributed by atoms with Gasteiger partial charge in [0.25, 0.3) is 0 Å². The Morgan fingerprint density at radius 1 is 1.26 bits per heavy atom. The minimum absolute atomic E-state index is 0.0418. The zero-order chi connectivity index (χ0) is 16.4.